The first-order valence-electron chi connectivity index (χ1n) is 11.5. The fourth-order valence-electron chi connectivity index (χ4n) is 4.82. The van der Waals surface area contributed by atoms with E-state index >= 15 is 0 Å². The van der Waals surface area contributed by atoms with Crippen molar-refractivity contribution in [3.8, 4) is 0 Å². The lowest BCUT2D eigenvalue weighted by molar-refractivity contribution is -0.192. The number of piperazine rings is 1. The van der Waals surface area contributed by atoms with Crippen molar-refractivity contribution in [2.24, 2.45) is 0 Å². The number of urea groups is 1. The van der Waals surface area contributed by atoms with Gasteiger partial charge in [0.1, 0.15) is 5.82 Å². The van der Waals surface area contributed by atoms with Crippen molar-refractivity contribution in [2.45, 2.75) is 56.3 Å². The van der Waals surface area contributed by atoms with Crippen molar-refractivity contribution >= 4 is 23.6 Å². The molecule has 1 atom stereocenters. The number of hydrogen-bond acceptors (Lipinski definition) is 4. The molecule has 1 unspecified atom stereocenters. The Labute approximate surface area is 200 Å². The van der Waals surface area contributed by atoms with Crippen molar-refractivity contribution in [1.82, 2.24) is 15.1 Å². The van der Waals surface area contributed by atoms with Crippen LogP contribution in [0.1, 0.15) is 38.5 Å². The van der Waals surface area contributed by atoms with Crippen LogP contribution in [-0.2, 0) is 9.59 Å². The van der Waals surface area contributed by atoms with Gasteiger partial charge in [-0.25, -0.2) is 14.0 Å². The van der Waals surface area contributed by atoms with Crippen molar-refractivity contribution < 1.29 is 37.1 Å². The number of aliphatic carboxylic acids is 1. The molecule has 4 rings (SSSR count). The van der Waals surface area contributed by atoms with Crippen LogP contribution in [0, 0.1) is 5.82 Å². The molecule has 1 aliphatic carbocycles. The molecule has 194 valence electrons. The van der Waals surface area contributed by atoms with Crippen molar-refractivity contribution in [2.75, 3.05) is 38.1 Å². The second-order valence-corrected chi connectivity index (χ2v) is 9.30. The molecule has 1 spiro atoms. The van der Waals surface area contributed by atoms with E-state index in [2.05, 4.69) is 10.2 Å². The number of likely N-dealkylation sites (N-methyl/N-ethyl adjacent to an activating group) is 1. The minimum Gasteiger partial charge on any atom is -0.475 e. The second kappa shape index (κ2) is 10.8. The highest BCUT2D eigenvalue weighted by molar-refractivity contribution is 5.96. The normalized spacial score (nSPS) is 23.7. The average molecular weight is 503 g/mol. The largest absolute Gasteiger partial charge is 0.490 e. The van der Waals surface area contributed by atoms with Gasteiger partial charge in [-0.15, -0.1) is 0 Å². The van der Waals surface area contributed by atoms with Gasteiger partial charge in [0, 0.05) is 31.4 Å². The number of carbonyl (C=O) groups is 3. The van der Waals surface area contributed by atoms with Crippen molar-refractivity contribution in [3.05, 3.63) is 30.1 Å². The van der Waals surface area contributed by atoms with Crippen LogP contribution in [0.25, 0.3) is 0 Å². The van der Waals surface area contributed by atoms with Crippen LogP contribution in [-0.4, -0.2) is 83.8 Å². The number of carbonyl (C=O) groups excluding carboxylic acids is 2. The molecule has 2 aliphatic heterocycles. The number of anilines is 1. The summed E-state index contributed by atoms with van der Waals surface area (Å²) in [6.07, 6.45) is 1.47. The predicted octanol–water partition coefficient (Wildman–Crippen LogP) is 3.22. The third-order valence-corrected chi connectivity index (χ3v) is 6.85. The molecule has 0 bridgehead atoms. The third-order valence-electron chi connectivity index (χ3n) is 6.85. The monoisotopic (exact) mass is 502 g/mol. The molecule has 0 aromatic heterocycles. The number of alkyl halides is 3. The molecule has 12 heteroatoms. The molecule has 3 amide bonds. The summed E-state index contributed by atoms with van der Waals surface area (Å²) >= 11 is 0. The summed E-state index contributed by atoms with van der Waals surface area (Å²) in [6.45, 7) is 2.00. The molecule has 3 fully saturated rings. The lowest BCUT2D eigenvalue weighted by Crippen LogP contribution is -2.64. The quantitative estimate of drug-likeness (QED) is 0.606. The van der Waals surface area contributed by atoms with Gasteiger partial charge in [0.15, 0.2) is 0 Å². The number of nitrogens with one attached hydrogen (secondary N) is 1. The summed E-state index contributed by atoms with van der Waals surface area (Å²) in [5, 5.41) is 10.3. The van der Waals surface area contributed by atoms with E-state index in [-0.39, 0.29) is 35.9 Å². The van der Waals surface area contributed by atoms with Gasteiger partial charge in [-0.3, -0.25) is 9.69 Å². The van der Waals surface area contributed by atoms with Crippen molar-refractivity contribution in [3.63, 3.8) is 0 Å². The summed E-state index contributed by atoms with van der Waals surface area (Å²) in [7, 11) is 1.95. The minimum absolute atomic E-state index is 0.00591. The first kappa shape index (κ1) is 26.7. The van der Waals surface area contributed by atoms with E-state index in [4.69, 9.17) is 9.90 Å². The number of rotatable bonds is 2. The van der Waals surface area contributed by atoms with Gasteiger partial charge < -0.3 is 20.2 Å². The van der Waals surface area contributed by atoms with Crippen LogP contribution in [0.5, 0.6) is 0 Å². The topological polar surface area (TPSA) is 93.2 Å². The highest BCUT2D eigenvalue weighted by atomic mass is 19.4. The summed E-state index contributed by atoms with van der Waals surface area (Å²) in [6, 6.07) is 6.47. The Kier molecular flexibility index (Phi) is 8.24. The molecule has 35 heavy (non-hydrogen) atoms. The van der Waals surface area contributed by atoms with Gasteiger partial charge in [0.25, 0.3) is 0 Å². The van der Waals surface area contributed by atoms with Gasteiger partial charge in [0.05, 0.1) is 12.1 Å². The van der Waals surface area contributed by atoms with E-state index < -0.39 is 12.1 Å². The Hall–Kier alpha value is -2.89. The maximum atomic E-state index is 13.7. The Bertz CT molecular complexity index is 938. The molecule has 2 heterocycles. The van der Waals surface area contributed by atoms with Crippen LogP contribution in [0.3, 0.4) is 0 Å². The highest BCUT2D eigenvalue weighted by Gasteiger charge is 2.49. The number of benzene rings is 1. The lowest BCUT2D eigenvalue weighted by atomic mass is 9.92. The highest BCUT2D eigenvalue weighted by Crippen LogP contribution is 2.33. The summed E-state index contributed by atoms with van der Waals surface area (Å²) in [5.74, 6) is -3.14. The Morgan fingerprint density at radius 1 is 1.14 bits per heavy atom. The number of amides is 3. The minimum atomic E-state index is -5.08. The van der Waals surface area contributed by atoms with Gasteiger partial charge in [-0.1, -0.05) is 25.3 Å². The first-order chi connectivity index (χ1) is 16.4. The zero-order chi connectivity index (χ0) is 25.8. The number of likely N-dealkylation sites (tertiary alicyclic amines) is 1. The molecule has 1 aromatic rings. The fraction of sp³-hybridized carbons (Fsp3) is 0.609. The fourth-order valence-corrected chi connectivity index (χ4v) is 4.82. The molecule has 0 radical (unpaired) electrons. The Balaban J connectivity index is 0.000000429. The van der Waals surface area contributed by atoms with Crippen LogP contribution in [0.2, 0.25) is 0 Å². The number of hydrogen-bond donors (Lipinski definition) is 2. The van der Waals surface area contributed by atoms with E-state index in [1.54, 1.807) is 17.0 Å². The SMILES string of the molecule is CN1CC(=O)N(c2cccc(F)c2)CC12CCN(C(=O)NC1CCCCC1)C2.O=C(O)C(F)(F)F. The molecular weight excluding hydrogens is 472 g/mol. The van der Waals surface area contributed by atoms with E-state index in [0.29, 0.717) is 25.3 Å². The molecule has 1 saturated carbocycles. The third kappa shape index (κ3) is 6.62. The maximum absolute atomic E-state index is 13.7. The molecule has 2 N–H and O–H groups in total. The number of halogens is 4. The maximum Gasteiger partial charge on any atom is 0.490 e. The predicted molar refractivity (Wildman–Crippen MR) is 119 cm³/mol. The molecule has 8 nitrogen and oxygen atoms in total. The molecule has 1 aromatic carbocycles. The Morgan fingerprint density at radius 2 is 1.80 bits per heavy atom. The van der Waals surface area contributed by atoms with Crippen LogP contribution >= 0.6 is 0 Å². The molecule has 3 aliphatic rings. The lowest BCUT2D eigenvalue weighted by Gasteiger charge is -2.46. The van der Waals surface area contributed by atoms with Gasteiger partial charge in [-0.2, -0.15) is 13.2 Å². The summed E-state index contributed by atoms with van der Waals surface area (Å²) in [5.41, 5.74) is 0.298. The zero-order valence-electron chi connectivity index (χ0n) is 19.5. The van der Waals surface area contributed by atoms with E-state index in [1.807, 2.05) is 11.9 Å². The zero-order valence-corrected chi connectivity index (χ0v) is 19.5. The van der Waals surface area contributed by atoms with Gasteiger partial charge >= 0.3 is 18.2 Å². The van der Waals surface area contributed by atoms with Crippen LogP contribution in [0.4, 0.5) is 28.0 Å². The number of carboxylic acids is 1. The Morgan fingerprint density at radius 3 is 2.40 bits per heavy atom. The standard InChI is InChI=1S/C21H29FN4O2.C2HF3O2/c1-24-13-19(27)26(18-9-5-6-16(22)12-18)15-21(24)10-11-25(14-21)20(28)23-17-7-3-2-4-8-17;3-2(4,5)1(6)7/h5-6,9,12,17H,2-4,7-8,10-11,13-15H2,1H3,(H,23,28);(H,6,7). The van der Waals surface area contributed by atoms with Gasteiger partial charge in [0.2, 0.25) is 5.91 Å². The van der Waals surface area contributed by atoms with Crippen LogP contribution in [0.15, 0.2) is 24.3 Å². The summed E-state index contributed by atoms with van der Waals surface area (Å²) in [4.78, 5) is 39.9. The molecule has 2 saturated heterocycles. The smallest absolute Gasteiger partial charge is 0.475 e. The average Bonchev–Trinajstić information content (AvgIpc) is 3.22. The van der Waals surface area contributed by atoms with Crippen LogP contribution < -0.4 is 10.2 Å². The number of nitrogens with zero attached hydrogens (tertiary/aromatic N) is 3. The van der Waals surface area contributed by atoms with E-state index in [0.717, 1.165) is 19.3 Å². The van der Waals surface area contributed by atoms with Crippen molar-refractivity contribution in [1.29, 1.82) is 0 Å². The van der Waals surface area contributed by atoms with E-state index in [9.17, 15) is 27.2 Å². The van der Waals surface area contributed by atoms with Gasteiger partial charge in [-0.05, 0) is 44.5 Å². The molecular formula is C23H30F4N4O4. The van der Waals surface area contributed by atoms with E-state index in [1.165, 1.54) is 31.4 Å². The number of carboxylic acid groups (broad SMARTS) is 1. The first-order valence-corrected chi connectivity index (χ1v) is 11.5. The summed E-state index contributed by atoms with van der Waals surface area (Å²) < 4.78 is 45.4. The second-order valence-electron chi connectivity index (χ2n) is 9.30.